The van der Waals surface area contributed by atoms with E-state index in [1.807, 2.05) is 48.5 Å². The molecule has 0 saturated heterocycles. The van der Waals surface area contributed by atoms with Crippen LogP contribution >= 0.6 is 0 Å². The molecule has 0 unspecified atom stereocenters. The van der Waals surface area contributed by atoms with Crippen molar-refractivity contribution >= 4 is 10.8 Å². The summed E-state index contributed by atoms with van der Waals surface area (Å²) in [6.45, 7) is 18.2. The average Bonchev–Trinajstić information content (AvgIpc) is 2.55. The van der Waals surface area contributed by atoms with Crippen molar-refractivity contribution in [3.63, 3.8) is 0 Å². The van der Waals surface area contributed by atoms with Gasteiger partial charge in [0.15, 0.2) is 0 Å². The van der Waals surface area contributed by atoms with Gasteiger partial charge in [-0.05, 0) is 54.8 Å². The number of aryl methyl sites for hydroxylation is 2. The third-order valence-electron chi connectivity index (χ3n) is 2.72. The van der Waals surface area contributed by atoms with Crippen molar-refractivity contribution in [3.8, 4) is 11.8 Å². The van der Waals surface area contributed by atoms with Crippen LogP contribution in [0.3, 0.4) is 0 Å². The van der Waals surface area contributed by atoms with Gasteiger partial charge < -0.3 is 0 Å². The number of hydrogen-bond acceptors (Lipinski definition) is 0. The molecule has 0 aromatic heterocycles. The minimum atomic E-state index is 1.09. The third kappa shape index (κ3) is 7.00. The highest BCUT2D eigenvalue weighted by molar-refractivity contribution is 5.85. The normalized spacial score (nSPS) is 7.86. The third-order valence-corrected chi connectivity index (χ3v) is 2.72. The molecule has 0 spiro atoms. The van der Waals surface area contributed by atoms with E-state index in [1.54, 1.807) is 0 Å². The monoisotopic (exact) mass is 284 g/mol. The van der Waals surface area contributed by atoms with E-state index in [4.69, 9.17) is 0 Å². The fourth-order valence-corrected chi connectivity index (χ4v) is 1.75. The van der Waals surface area contributed by atoms with Crippen LogP contribution in [0.1, 0.15) is 65.2 Å². The Morgan fingerprint density at radius 3 is 1.62 bits per heavy atom. The van der Waals surface area contributed by atoms with Crippen molar-refractivity contribution in [1.82, 2.24) is 0 Å². The molecule has 0 fully saturated rings. The Hall–Kier alpha value is -1.74. The summed E-state index contributed by atoms with van der Waals surface area (Å²) in [6, 6.07) is 10.8. The Kier molecular flexibility index (Phi) is 13.6. The zero-order valence-electron chi connectivity index (χ0n) is 15.4. The SMILES string of the molecule is CC.CC.CC.CC#Cc1ccc2cc(C)c(C)cc2c1. The summed E-state index contributed by atoms with van der Waals surface area (Å²) in [5.41, 5.74) is 3.77. The molecule has 0 aliphatic rings. The topological polar surface area (TPSA) is 0 Å². The van der Waals surface area contributed by atoms with Crippen LogP contribution in [0.15, 0.2) is 30.3 Å². The quantitative estimate of drug-likeness (QED) is 0.461. The minimum absolute atomic E-state index is 1.09. The summed E-state index contributed by atoms with van der Waals surface area (Å²) in [7, 11) is 0. The molecule has 0 atom stereocenters. The van der Waals surface area contributed by atoms with Gasteiger partial charge >= 0.3 is 0 Å². The first-order chi connectivity index (χ1) is 10.2. The predicted molar refractivity (Wildman–Crippen MR) is 100 cm³/mol. The lowest BCUT2D eigenvalue weighted by Gasteiger charge is -2.04. The molecule has 0 heterocycles. The molecular weight excluding hydrogens is 252 g/mol. The van der Waals surface area contributed by atoms with Crippen molar-refractivity contribution in [2.24, 2.45) is 0 Å². The van der Waals surface area contributed by atoms with Crippen molar-refractivity contribution in [3.05, 3.63) is 47.0 Å². The summed E-state index contributed by atoms with van der Waals surface area (Å²) in [5.74, 6) is 6.01. The number of rotatable bonds is 0. The lowest BCUT2D eigenvalue weighted by molar-refractivity contribution is 1.36. The Morgan fingerprint density at radius 1 is 0.667 bits per heavy atom. The highest BCUT2D eigenvalue weighted by Crippen LogP contribution is 2.20. The van der Waals surface area contributed by atoms with Gasteiger partial charge in [0.05, 0.1) is 0 Å². The van der Waals surface area contributed by atoms with Gasteiger partial charge in [-0.1, -0.05) is 65.7 Å². The first-order valence-electron chi connectivity index (χ1n) is 8.14. The standard InChI is InChI=1S/C15H14.3C2H6/c1-4-5-13-6-7-14-8-11(2)12(3)9-15(14)10-13;3*1-2/h6-10H,1-3H3;3*1-2H3. The second-order valence-corrected chi connectivity index (χ2v) is 3.87. The molecular formula is C21H32. The fraction of sp³-hybridized carbons (Fsp3) is 0.429. The van der Waals surface area contributed by atoms with Crippen LogP contribution in [-0.4, -0.2) is 0 Å². The maximum atomic E-state index is 3.08. The zero-order valence-corrected chi connectivity index (χ0v) is 15.4. The predicted octanol–water partition coefficient (Wildman–Crippen LogP) is 6.91. The van der Waals surface area contributed by atoms with Crippen LogP contribution in [0.2, 0.25) is 0 Å². The summed E-state index contributed by atoms with van der Waals surface area (Å²) in [6.07, 6.45) is 0. The maximum Gasteiger partial charge on any atom is 0.0251 e. The highest BCUT2D eigenvalue weighted by atomic mass is 14.0. The molecule has 2 rings (SSSR count). The Morgan fingerprint density at radius 2 is 1.14 bits per heavy atom. The second-order valence-electron chi connectivity index (χ2n) is 3.87. The Balaban J connectivity index is 0. The molecule has 2 aromatic carbocycles. The van der Waals surface area contributed by atoms with Crippen LogP contribution in [0, 0.1) is 25.7 Å². The summed E-state index contributed by atoms with van der Waals surface area (Å²) in [4.78, 5) is 0. The molecule has 0 saturated carbocycles. The number of fused-ring (bicyclic) bond motifs is 1. The Bertz CT molecular complexity index is 566. The minimum Gasteiger partial charge on any atom is -0.101 e. The molecule has 0 aliphatic heterocycles. The maximum absolute atomic E-state index is 3.08. The van der Waals surface area contributed by atoms with E-state index < -0.39 is 0 Å². The molecule has 116 valence electrons. The van der Waals surface area contributed by atoms with E-state index in [0.717, 1.165) is 5.56 Å². The fourth-order valence-electron chi connectivity index (χ4n) is 1.75. The average molecular weight is 284 g/mol. The van der Waals surface area contributed by atoms with Gasteiger partial charge in [-0.3, -0.25) is 0 Å². The van der Waals surface area contributed by atoms with Gasteiger partial charge in [0.25, 0.3) is 0 Å². The van der Waals surface area contributed by atoms with Crippen molar-refractivity contribution in [2.45, 2.75) is 62.3 Å². The van der Waals surface area contributed by atoms with Crippen LogP contribution in [0.25, 0.3) is 10.8 Å². The molecule has 0 radical (unpaired) electrons. The smallest absolute Gasteiger partial charge is 0.0251 e. The first-order valence-corrected chi connectivity index (χ1v) is 8.14. The number of hydrogen-bond donors (Lipinski definition) is 0. The van der Waals surface area contributed by atoms with Gasteiger partial charge in [-0.15, -0.1) is 5.92 Å². The van der Waals surface area contributed by atoms with E-state index in [0.29, 0.717) is 0 Å². The van der Waals surface area contributed by atoms with E-state index in [2.05, 4.69) is 56.0 Å². The van der Waals surface area contributed by atoms with E-state index in [-0.39, 0.29) is 0 Å². The molecule has 0 amide bonds. The van der Waals surface area contributed by atoms with Gasteiger partial charge in [0.2, 0.25) is 0 Å². The van der Waals surface area contributed by atoms with Crippen LogP contribution in [0.4, 0.5) is 0 Å². The lowest BCUT2D eigenvalue weighted by atomic mass is 10.0. The van der Waals surface area contributed by atoms with Gasteiger partial charge in [0, 0.05) is 5.56 Å². The zero-order chi connectivity index (χ0) is 16.8. The largest absolute Gasteiger partial charge is 0.101 e. The van der Waals surface area contributed by atoms with Gasteiger partial charge in [-0.25, -0.2) is 0 Å². The molecule has 0 N–H and O–H groups in total. The Labute approximate surface area is 132 Å². The molecule has 0 aliphatic carbocycles. The van der Waals surface area contributed by atoms with Gasteiger partial charge in [-0.2, -0.15) is 0 Å². The molecule has 2 aromatic rings. The van der Waals surface area contributed by atoms with E-state index in [1.165, 1.54) is 21.9 Å². The summed E-state index contributed by atoms with van der Waals surface area (Å²) >= 11 is 0. The first kappa shape index (κ1) is 21.6. The second kappa shape index (κ2) is 13.3. The van der Waals surface area contributed by atoms with Crippen LogP contribution in [0.5, 0.6) is 0 Å². The summed E-state index contributed by atoms with van der Waals surface area (Å²) in [5, 5.41) is 2.57. The van der Waals surface area contributed by atoms with Crippen LogP contribution < -0.4 is 0 Å². The van der Waals surface area contributed by atoms with Crippen molar-refractivity contribution < 1.29 is 0 Å². The lowest BCUT2D eigenvalue weighted by Crippen LogP contribution is -1.83. The van der Waals surface area contributed by atoms with Crippen molar-refractivity contribution in [1.29, 1.82) is 0 Å². The summed E-state index contributed by atoms with van der Waals surface area (Å²) < 4.78 is 0. The van der Waals surface area contributed by atoms with Gasteiger partial charge in [0.1, 0.15) is 0 Å². The molecule has 0 bridgehead atoms. The molecule has 0 heteroatoms. The highest BCUT2D eigenvalue weighted by Gasteiger charge is 1.98. The van der Waals surface area contributed by atoms with E-state index in [9.17, 15) is 0 Å². The van der Waals surface area contributed by atoms with Crippen molar-refractivity contribution in [2.75, 3.05) is 0 Å². The van der Waals surface area contributed by atoms with Crippen LogP contribution in [-0.2, 0) is 0 Å². The molecule has 0 nitrogen and oxygen atoms in total. The molecule has 21 heavy (non-hydrogen) atoms. The number of benzene rings is 2. The van der Waals surface area contributed by atoms with E-state index >= 15 is 0 Å².